The molecule has 1 aromatic rings. The van der Waals surface area contributed by atoms with E-state index < -0.39 is 0 Å². The molecule has 0 radical (unpaired) electrons. The molecule has 1 aromatic carbocycles. The summed E-state index contributed by atoms with van der Waals surface area (Å²) in [5, 5.41) is 11.3. The zero-order valence-electron chi connectivity index (χ0n) is 8.86. The molecule has 4 nitrogen and oxygen atoms in total. The van der Waals surface area contributed by atoms with Crippen LogP contribution in [0.15, 0.2) is 23.4 Å². The molecule has 0 spiro atoms. The second kappa shape index (κ2) is 4.38. The molecule has 0 saturated carbocycles. The summed E-state index contributed by atoms with van der Waals surface area (Å²) in [6, 6.07) is 4.63. The van der Waals surface area contributed by atoms with Crippen molar-refractivity contribution in [1.29, 1.82) is 0 Å². The van der Waals surface area contributed by atoms with Gasteiger partial charge in [0.25, 0.3) is 0 Å². The van der Waals surface area contributed by atoms with Crippen LogP contribution in [0.1, 0.15) is 18.4 Å². The Kier molecular flexibility index (Phi) is 2.94. The first-order valence-corrected chi connectivity index (χ1v) is 5.25. The van der Waals surface area contributed by atoms with Crippen molar-refractivity contribution in [3.8, 4) is 0 Å². The normalized spacial score (nSPS) is 16.8. The molecule has 86 valence electrons. The minimum absolute atomic E-state index is 0.0770. The number of hydrogen-bond acceptors (Lipinski definition) is 3. The van der Waals surface area contributed by atoms with Gasteiger partial charge in [0.1, 0.15) is 5.82 Å². The van der Waals surface area contributed by atoms with Gasteiger partial charge < -0.3 is 15.8 Å². The van der Waals surface area contributed by atoms with Gasteiger partial charge in [-0.05, 0) is 31.0 Å². The molecule has 0 aliphatic carbocycles. The van der Waals surface area contributed by atoms with E-state index in [1.807, 2.05) is 4.90 Å². The second-order valence-electron chi connectivity index (χ2n) is 3.85. The largest absolute Gasteiger partial charge is 0.409 e. The summed E-state index contributed by atoms with van der Waals surface area (Å²) in [5.41, 5.74) is 6.37. The van der Waals surface area contributed by atoms with Gasteiger partial charge in [-0.1, -0.05) is 5.16 Å². The van der Waals surface area contributed by atoms with Crippen molar-refractivity contribution in [1.82, 2.24) is 0 Å². The summed E-state index contributed by atoms with van der Waals surface area (Å²) in [6.07, 6.45) is 2.20. The highest BCUT2D eigenvalue weighted by Gasteiger charge is 2.16. The van der Waals surface area contributed by atoms with E-state index in [9.17, 15) is 4.39 Å². The number of rotatable bonds is 2. The standard InChI is InChI=1S/C11H14FN3O/c12-9-7-8(11(13)14-16)3-4-10(9)15-5-1-2-6-15/h3-4,7,16H,1-2,5-6H2,(H2,13,14). The van der Waals surface area contributed by atoms with Crippen molar-refractivity contribution in [2.24, 2.45) is 10.9 Å². The van der Waals surface area contributed by atoms with Crippen LogP contribution in [-0.2, 0) is 0 Å². The third-order valence-corrected chi connectivity index (χ3v) is 2.80. The van der Waals surface area contributed by atoms with Crippen LogP contribution in [0.5, 0.6) is 0 Å². The number of benzene rings is 1. The Hall–Kier alpha value is -1.78. The predicted molar refractivity (Wildman–Crippen MR) is 60.4 cm³/mol. The molecule has 0 atom stereocenters. The van der Waals surface area contributed by atoms with Crippen molar-refractivity contribution in [2.45, 2.75) is 12.8 Å². The number of halogens is 1. The number of oxime groups is 1. The third-order valence-electron chi connectivity index (χ3n) is 2.80. The summed E-state index contributed by atoms with van der Waals surface area (Å²) in [6.45, 7) is 1.78. The van der Waals surface area contributed by atoms with Crippen LogP contribution in [0.3, 0.4) is 0 Å². The number of hydrogen-bond donors (Lipinski definition) is 2. The maximum absolute atomic E-state index is 13.8. The average molecular weight is 223 g/mol. The molecule has 1 fully saturated rings. The highest BCUT2D eigenvalue weighted by molar-refractivity contribution is 5.97. The lowest BCUT2D eigenvalue weighted by atomic mass is 10.1. The highest BCUT2D eigenvalue weighted by atomic mass is 19.1. The van der Waals surface area contributed by atoms with Crippen molar-refractivity contribution in [2.75, 3.05) is 18.0 Å². The minimum Gasteiger partial charge on any atom is -0.409 e. The van der Waals surface area contributed by atoms with E-state index in [4.69, 9.17) is 10.9 Å². The van der Waals surface area contributed by atoms with Gasteiger partial charge >= 0.3 is 0 Å². The van der Waals surface area contributed by atoms with Crippen LogP contribution in [-0.4, -0.2) is 24.1 Å². The Balaban J connectivity index is 2.29. The van der Waals surface area contributed by atoms with Crippen LogP contribution in [0.25, 0.3) is 0 Å². The first kappa shape index (κ1) is 10.7. The van der Waals surface area contributed by atoms with Crippen LogP contribution < -0.4 is 10.6 Å². The highest BCUT2D eigenvalue weighted by Crippen LogP contribution is 2.24. The Bertz CT molecular complexity index is 414. The molecule has 1 saturated heterocycles. The van der Waals surface area contributed by atoms with Gasteiger partial charge in [-0.25, -0.2) is 4.39 Å². The van der Waals surface area contributed by atoms with Gasteiger partial charge in [0.2, 0.25) is 0 Å². The first-order chi connectivity index (χ1) is 7.72. The molecule has 5 heteroatoms. The fraction of sp³-hybridized carbons (Fsp3) is 0.364. The number of nitrogens with two attached hydrogens (primary N) is 1. The van der Waals surface area contributed by atoms with E-state index >= 15 is 0 Å². The van der Waals surface area contributed by atoms with E-state index in [1.165, 1.54) is 6.07 Å². The smallest absolute Gasteiger partial charge is 0.170 e. The number of nitrogens with zero attached hydrogens (tertiary/aromatic N) is 2. The van der Waals surface area contributed by atoms with Crippen LogP contribution in [0, 0.1) is 5.82 Å². The molecule has 1 heterocycles. The van der Waals surface area contributed by atoms with Crippen LogP contribution >= 0.6 is 0 Å². The minimum atomic E-state index is -0.328. The van der Waals surface area contributed by atoms with Crippen molar-refractivity contribution in [3.63, 3.8) is 0 Å². The van der Waals surface area contributed by atoms with Gasteiger partial charge in [-0.2, -0.15) is 0 Å². The Morgan fingerprint density at radius 2 is 2.06 bits per heavy atom. The molecule has 1 aliphatic rings. The summed E-state index contributed by atoms with van der Waals surface area (Å²) >= 11 is 0. The van der Waals surface area contributed by atoms with E-state index in [0.717, 1.165) is 25.9 Å². The molecule has 1 aliphatic heterocycles. The first-order valence-electron chi connectivity index (χ1n) is 5.25. The fourth-order valence-electron chi connectivity index (χ4n) is 1.94. The molecular weight excluding hydrogens is 209 g/mol. The zero-order valence-corrected chi connectivity index (χ0v) is 8.86. The topological polar surface area (TPSA) is 61.9 Å². The van der Waals surface area contributed by atoms with Gasteiger partial charge in [-0.15, -0.1) is 0 Å². The fourth-order valence-corrected chi connectivity index (χ4v) is 1.94. The molecule has 0 unspecified atom stereocenters. The molecule has 2 rings (SSSR count). The lowest BCUT2D eigenvalue weighted by Gasteiger charge is -2.18. The molecule has 0 amide bonds. The number of amidine groups is 1. The lowest BCUT2D eigenvalue weighted by Crippen LogP contribution is -2.20. The average Bonchev–Trinajstić information content (AvgIpc) is 2.81. The molecule has 0 aromatic heterocycles. The maximum Gasteiger partial charge on any atom is 0.170 e. The van der Waals surface area contributed by atoms with Gasteiger partial charge in [0, 0.05) is 18.7 Å². The summed E-state index contributed by atoms with van der Waals surface area (Å²) in [5.74, 6) is -0.405. The Labute approximate surface area is 93.2 Å². The van der Waals surface area contributed by atoms with Gasteiger partial charge in [0.05, 0.1) is 5.69 Å². The van der Waals surface area contributed by atoms with Crippen molar-refractivity contribution >= 4 is 11.5 Å². The van der Waals surface area contributed by atoms with E-state index in [2.05, 4.69) is 5.16 Å². The van der Waals surface area contributed by atoms with E-state index in [-0.39, 0.29) is 11.7 Å². The lowest BCUT2D eigenvalue weighted by molar-refractivity contribution is 0.318. The second-order valence-corrected chi connectivity index (χ2v) is 3.85. The third kappa shape index (κ3) is 1.93. The summed E-state index contributed by atoms with van der Waals surface area (Å²) in [7, 11) is 0. The number of anilines is 1. The van der Waals surface area contributed by atoms with Gasteiger partial charge in [-0.3, -0.25) is 0 Å². The predicted octanol–water partition coefficient (Wildman–Crippen LogP) is 1.52. The molecule has 16 heavy (non-hydrogen) atoms. The Morgan fingerprint density at radius 3 is 2.62 bits per heavy atom. The Morgan fingerprint density at radius 1 is 1.38 bits per heavy atom. The zero-order chi connectivity index (χ0) is 11.5. The summed E-state index contributed by atoms with van der Waals surface area (Å²) in [4.78, 5) is 2.01. The van der Waals surface area contributed by atoms with Crippen LogP contribution in [0.4, 0.5) is 10.1 Å². The van der Waals surface area contributed by atoms with E-state index in [1.54, 1.807) is 12.1 Å². The molecule has 3 N–H and O–H groups in total. The van der Waals surface area contributed by atoms with Crippen molar-refractivity contribution < 1.29 is 9.60 Å². The summed E-state index contributed by atoms with van der Waals surface area (Å²) < 4.78 is 13.8. The molecule has 0 bridgehead atoms. The van der Waals surface area contributed by atoms with Crippen molar-refractivity contribution in [3.05, 3.63) is 29.6 Å². The quantitative estimate of drug-likeness (QED) is 0.346. The molecular formula is C11H14FN3O. The van der Waals surface area contributed by atoms with E-state index in [0.29, 0.717) is 11.3 Å². The maximum atomic E-state index is 13.8. The SMILES string of the molecule is N/C(=N\O)c1ccc(N2CCCC2)c(F)c1. The van der Waals surface area contributed by atoms with Gasteiger partial charge in [0.15, 0.2) is 5.84 Å². The van der Waals surface area contributed by atoms with Crippen LogP contribution in [0.2, 0.25) is 0 Å². The monoisotopic (exact) mass is 223 g/mol.